The van der Waals surface area contributed by atoms with E-state index in [2.05, 4.69) is 45.9 Å². The average Bonchev–Trinajstić information content (AvgIpc) is 2.31. The molecule has 0 radical (unpaired) electrons. The second kappa shape index (κ2) is 8.45. The molecular weight excluding hydrogens is 270 g/mol. The Hall–Kier alpha value is -0.843. The van der Waals surface area contributed by atoms with Crippen LogP contribution in [0.5, 0.6) is 0 Å². The molecule has 20 heavy (non-hydrogen) atoms. The van der Waals surface area contributed by atoms with Gasteiger partial charge < -0.3 is 9.26 Å². The van der Waals surface area contributed by atoms with Gasteiger partial charge in [-0.25, -0.2) is 4.79 Å². The van der Waals surface area contributed by atoms with Crippen molar-refractivity contribution in [3.05, 3.63) is 0 Å². The van der Waals surface area contributed by atoms with Crippen LogP contribution in [0.4, 0.5) is 0 Å². The van der Waals surface area contributed by atoms with Gasteiger partial charge in [0.05, 0.1) is 0 Å². The number of unbranched alkanes of at least 4 members (excludes halogenated alkanes) is 3. The van der Waals surface area contributed by atoms with Gasteiger partial charge in [0.15, 0.2) is 5.71 Å². The highest BCUT2D eigenvalue weighted by atomic mass is 28.4. The van der Waals surface area contributed by atoms with E-state index in [0.717, 1.165) is 12.8 Å². The number of hydrogen-bond donors (Lipinski definition) is 0. The van der Waals surface area contributed by atoms with Gasteiger partial charge in [-0.2, -0.15) is 0 Å². The fourth-order valence-electron chi connectivity index (χ4n) is 1.46. The van der Waals surface area contributed by atoms with Crippen LogP contribution >= 0.6 is 0 Å². The molecule has 0 saturated heterocycles. The maximum absolute atomic E-state index is 12.3. The van der Waals surface area contributed by atoms with Crippen LogP contribution in [0.15, 0.2) is 5.16 Å². The molecule has 0 fully saturated rings. The SMILES string of the molecule is CCCCCC/C(=N/OC)C(=O)O[Si](C)(C)C(C)(C)C. The molecular formula is C15H31NO3Si. The maximum Gasteiger partial charge on any atom is 0.342 e. The first-order valence-corrected chi connectivity index (χ1v) is 10.4. The molecule has 0 aromatic carbocycles. The highest BCUT2D eigenvalue weighted by Crippen LogP contribution is 2.36. The van der Waals surface area contributed by atoms with Gasteiger partial charge in [-0.15, -0.1) is 0 Å². The van der Waals surface area contributed by atoms with Gasteiger partial charge in [0.2, 0.25) is 0 Å². The molecule has 5 heteroatoms. The van der Waals surface area contributed by atoms with Crippen molar-refractivity contribution < 1.29 is 14.1 Å². The van der Waals surface area contributed by atoms with E-state index in [1.165, 1.54) is 20.0 Å². The Morgan fingerprint density at radius 2 is 1.75 bits per heavy atom. The second-order valence-corrected chi connectivity index (χ2v) is 11.4. The third-order valence-electron chi connectivity index (χ3n) is 3.86. The Morgan fingerprint density at radius 1 is 1.15 bits per heavy atom. The summed E-state index contributed by atoms with van der Waals surface area (Å²) in [6, 6.07) is 0. The number of oxime groups is 1. The van der Waals surface area contributed by atoms with Crippen molar-refractivity contribution in [2.45, 2.75) is 77.9 Å². The molecule has 0 aromatic rings. The van der Waals surface area contributed by atoms with Crippen molar-refractivity contribution in [1.29, 1.82) is 0 Å². The van der Waals surface area contributed by atoms with Gasteiger partial charge >= 0.3 is 5.97 Å². The largest absolute Gasteiger partial charge is 0.515 e. The molecule has 0 atom stereocenters. The summed E-state index contributed by atoms with van der Waals surface area (Å²) in [5.74, 6) is -0.310. The molecule has 0 spiro atoms. The van der Waals surface area contributed by atoms with Gasteiger partial charge in [0, 0.05) is 6.42 Å². The molecule has 0 amide bonds. The molecule has 0 aliphatic carbocycles. The first-order chi connectivity index (χ1) is 9.15. The lowest BCUT2D eigenvalue weighted by atomic mass is 10.1. The summed E-state index contributed by atoms with van der Waals surface area (Å²) in [4.78, 5) is 17.0. The molecule has 0 aliphatic rings. The van der Waals surface area contributed by atoms with E-state index in [1.807, 2.05) is 0 Å². The number of carbonyl (C=O) groups excluding carboxylic acids is 1. The molecule has 0 N–H and O–H groups in total. The monoisotopic (exact) mass is 301 g/mol. The maximum atomic E-state index is 12.3. The molecule has 0 heterocycles. The number of rotatable bonds is 8. The van der Waals surface area contributed by atoms with Crippen molar-refractivity contribution in [3.63, 3.8) is 0 Å². The third-order valence-corrected chi connectivity index (χ3v) is 8.17. The van der Waals surface area contributed by atoms with Crippen molar-refractivity contribution in [1.82, 2.24) is 0 Å². The predicted molar refractivity (Wildman–Crippen MR) is 86.5 cm³/mol. The van der Waals surface area contributed by atoms with E-state index in [1.54, 1.807) is 0 Å². The van der Waals surface area contributed by atoms with Crippen LogP contribution < -0.4 is 0 Å². The van der Waals surface area contributed by atoms with Gasteiger partial charge in [0.25, 0.3) is 8.32 Å². The lowest BCUT2D eigenvalue weighted by molar-refractivity contribution is -0.128. The van der Waals surface area contributed by atoms with Gasteiger partial charge in [-0.3, -0.25) is 0 Å². The number of nitrogens with zero attached hydrogens (tertiary/aromatic N) is 1. The van der Waals surface area contributed by atoms with Gasteiger partial charge in [-0.05, 0) is 24.6 Å². The number of hydrogen-bond acceptors (Lipinski definition) is 4. The topological polar surface area (TPSA) is 47.9 Å². The van der Waals surface area contributed by atoms with Crippen molar-refractivity contribution in [2.24, 2.45) is 5.16 Å². The summed E-state index contributed by atoms with van der Waals surface area (Å²) >= 11 is 0. The van der Waals surface area contributed by atoms with E-state index in [9.17, 15) is 4.79 Å². The Bertz CT molecular complexity index is 333. The average molecular weight is 302 g/mol. The van der Waals surface area contributed by atoms with E-state index in [0.29, 0.717) is 12.1 Å². The van der Waals surface area contributed by atoms with Crippen molar-refractivity contribution in [3.8, 4) is 0 Å². The van der Waals surface area contributed by atoms with Crippen LogP contribution in [0.1, 0.15) is 59.8 Å². The zero-order valence-electron chi connectivity index (χ0n) is 14.2. The summed E-state index contributed by atoms with van der Waals surface area (Å²) in [6.07, 6.45) is 5.03. The first kappa shape index (κ1) is 19.2. The first-order valence-electron chi connectivity index (χ1n) is 7.49. The minimum atomic E-state index is -2.10. The van der Waals surface area contributed by atoms with E-state index < -0.39 is 8.32 Å². The zero-order chi connectivity index (χ0) is 15.8. The summed E-state index contributed by atoms with van der Waals surface area (Å²) in [6.45, 7) is 12.6. The van der Waals surface area contributed by atoms with Crippen molar-refractivity contribution >= 4 is 20.0 Å². The Morgan fingerprint density at radius 3 is 2.20 bits per heavy atom. The molecule has 0 saturated carbocycles. The fraction of sp³-hybridized carbons (Fsp3) is 0.867. The lowest BCUT2D eigenvalue weighted by Crippen LogP contribution is -2.44. The fourth-order valence-corrected chi connectivity index (χ4v) is 2.35. The minimum Gasteiger partial charge on any atom is -0.515 e. The van der Waals surface area contributed by atoms with E-state index >= 15 is 0 Å². The molecule has 4 nitrogen and oxygen atoms in total. The van der Waals surface area contributed by atoms with Gasteiger partial charge in [-0.1, -0.05) is 52.1 Å². The molecule has 0 aromatic heterocycles. The normalized spacial score (nSPS) is 13.2. The second-order valence-electron chi connectivity index (χ2n) is 6.68. The van der Waals surface area contributed by atoms with Crippen LogP contribution in [0.2, 0.25) is 18.1 Å². The lowest BCUT2D eigenvalue weighted by Gasteiger charge is -2.35. The van der Waals surface area contributed by atoms with Crippen LogP contribution in [0, 0.1) is 0 Å². The standard InChI is InChI=1S/C15H31NO3Si/c1-8-9-10-11-12-13(16-18-5)14(17)19-20(6,7)15(2,3)4/h8-12H2,1-7H3/b16-13-. The molecule has 118 valence electrons. The van der Waals surface area contributed by atoms with Gasteiger partial charge in [0.1, 0.15) is 7.11 Å². The summed E-state index contributed by atoms with van der Waals surface area (Å²) in [5, 5.41) is 3.86. The third kappa shape index (κ3) is 6.55. The Kier molecular flexibility index (Phi) is 8.09. The van der Waals surface area contributed by atoms with Crippen LogP contribution in [-0.4, -0.2) is 27.1 Å². The molecule has 0 unspecified atom stereocenters. The number of carbonyl (C=O) groups is 1. The zero-order valence-corrected chi connectivity index (χ0v) is 15.2. The summed E-state index contributed by atoms with van der Waals surface area (Å²) < 4.78 is 5.76. The van der Waals surface area contributed by atoms with E-state index in [-0.39, 0.29) is 11.0 Å². The van der Waals surface area contributed by atoms with Crippen LogP contribution in [0.25, 0.3) is 0 Å². The minimum absolute atomic E-state index is 0.00303. The summed E-state index contributed by atoms with van der Waals surface area (Å²) in [7, 11) is -0.636. The van der Waals surface area contributed by atoms with Crippen LogP contribution in [0.3, 0.4) is 0 Å². The highest BCUT2D eigenvalue weighted by Gasteiger charge is 2.41. The van der Waals surface area contributed by atoms with Crippen LogP contribution in [-0.2, 0) is 14.1 Å². The highest BCUT2D eigenvalue weighted by molar-refractivity contribution is 6.76. The van der Waals surface area contributed by atoms with E-state index in [4.69, 9.17) is 9.26 Å². The molecule has 0 aliphatic heterocycles. The predicted octanol–water partition coefficient (Wildman–Crippen LogP) is 4.51. The molecule has 0 rings (SSSR count). The molecule has 0 bridgehead atoms. The van der Waals surface area contributed by atoms with Crippen molar-refractivity contribution in [2.75, 3.05) is 7.11 Å². The summed E-state index contributed by atoms with van der Waals surface area (Å²) in [5.41, 5.74) is 0.411. The smallest absolute Gasteiger partial charge is 0.342 e. The Labute approximate surface area is 125 Å². The Balaban J connectivity index is 4.63. The quantitative estimate of drug-likeness (QED) is 0.287.